The minimum absolute atomic E-state index is 0.674. The van der Waals surface area contributed by atoms with Gasteiger partial charge >= 0.3 is 0 Å². The van der Waals surface area contributed by atoms with Crippen molar-refractivity contribution >= 4 is 27.6 Å². The largest absolute Gasteiger partial charge is 0.494 e. The number of H-pyrrole nitrogens is 2. The average molecular weight is 452 g/mol. The normalized spacial score (nSPS) is 14.8. The molecule has 3 heterocycles. The number of anilines is 1. The van der Waals surface area contributed by atoms with Crippen LogP contribution >= 0.6 is 0 Å². The molecule has 5 aromatic rings. The summed E-state index contributed by atoms with van der Waals surface area (Å²) >= 11 is 0. The fourth-order valence-electron chi connectivity index (χ4n) is 4.72. The van der Waals surface area contributed by atoms with E-state index in [2.05, 4.69) is 81.4 Å². The number of ether oxygens (including phenoxy) is 1. The zero-order valence-corrected chi connectivity index (χ0v) is 19.6. The number of fused-ring (bicyclic) bond motifs is 2. The lowest BCUT2D eigenvalue weighted by Crippen LogP contribution is -2.44. The Morgan fingerprint density at radius 3 is 2.41 bits per heavy atom. The van der Waals surface area contributed by atoms with Gasteiger partial charge in [-0.3, -0.25) is 0 Å². The second-order valence-corrected chi connectivity index (χ2v) is 9.02. The number of likely N-dealkylation sites (N-methyl/N-ethyl adjacent to an activating group) is 1. The molecule has 2 N–H and O–H groups in total. The molecular weight excluding hydrogens is 422 g/mol. The van der Waals surface area contributed by atoms with Crippen molar-refractivity contribution in [1.82, 2.24) is 19.9 Å². The van der Waals surface area contributed by atoms with Crippen LogP contribution < -0.4 is 9.64 Å². The molecule has 1 fully saturated rings. The summed E-state index contributed by atoms with van der Waals surface area (Å²) in [5, 5.41) is 1.18. The van der Waals surface area contributed by atoms with Crippen LogP contribution in [0.3, 0.4) is 0 Å². The number of hydrogen-bond donors (Lipinski definition) is 2. The molecular formula is C28H29N5O. The van der Waals surface area contributed by atoms with Crippen molar-refractivity contribution < 1.29 is 4.74 Å². The lowest BCUT2D eigenvalue weighted by molar-refractivity contribution is 0.313. The molecule has 0 atom stereocenters. The first kappa shape index (κ1) is 20.8. The van der Waals surface area contributed by atoms with Crippen molar-refractivity contribution in [3.8, 4) is 28.4 Å². The summed E-state index contributed by atoms with van der Waals surface area (Å²) in [6.45, 7) is 6.97. The molecule has 6 nitrogen and oxygen atoms in total. The molecule has 0 bridgehead atoms. The van der Waals surface area contributed by atoms with Gasteiger partial charge in [-0.25, -0.2) is 4.98 Å². The van der Waals surface area contributed by atoms with Gasteiger partial charge in [-0.2, -0.15) is 0 Å². The Balaban J connectivity index is 1.28. The topological polar surface area (TPSA) is 60.2 Å². The quantitative estimate of drug-likeness (QED) is 0.369. The minimum atomic E-state index is 0.674. The van der Waals surface area contributed by atoms with Gasteiger partial charge in [-0.05, 0) is 74.1 Å². The summed E-state index contributed by atoms with van der Waals surface area (Å²) in [6, 6.07) is 23.4. The fraction of sp³-hybridized carbons (Fsp3) is 0.250. The molecule has 172 valence electrons. The summed E-state index contributed by atoms with van der Waals surface area (Å²) in [6.07, 6.45) is 0. The predicted octanol–water partition coefficient (Wildman–Crippen LogP) is 5.53. The SMILES string of the molecule is CCOc1ccc(-c2cc3ccc(-c4nc5cc(N6CCN(C)CC6)ccc5[nH]4)cc3[nH]2)cc1. The zero-order valence-electron chi connectivity index (χ0n) is 19.6. The smallest absolute Gasteiger partial charge is 0.138 e. The van der Waals surface area contributed by atoms with Crippen LogP contribution in [0.5, 0.6) is 5.75 Å². The molecule has 1 aliphatic rings. The molecule has 0 spiro atoms. The van der Waals surface area contributed by atoms with Crippen LogP contribution in [0.15, 0.2) is 66.7 Å². The van der Waals surface area contributed by atoms with Gasteiger partial charge < -0.3 is 24.5 Å². The van der Waals surface area contributed by atoms with Gasteiger partial charge in [-0.15, -0.1) is 0 Å². The Bertz CT molecular complexity index is 1440. The monoisotopic (exact) mass is 451 g/mol. The van der Waals surface area contributed by atoms with Crippen LogP contribution in [0, 0.1) is 0 Å². The molecule has 6 heteroatoms. The van der Waals surface area contributed by atoms with Gasteiger partial charge in [0.15, 0.2) is 0 Å². The van der Waals surface area contributed by atoms with E-state index in [9.17, 15) is 0 Å². The first-order valence-electron chi connectivity index (χ1n) is 12.0. The third-order valence-electron chi connectivity index (χ3n) is 6.71. The molecule has 0 amide bonds. The van der Waals surface area contributed by atoms with E-state index < -0.39 is 0 Å². The van der Waals surface area contributed by atoms with Crippen LogP contribution in [0.25, 0.3) is 44.6 Å². The van der Waals surface area contributed by atoms with E-state index in [1.165, 1.54) is 11.1 Å². The van der Waals surface area contributed by atoms with Gasteiger partial charge in [0.05, 0.1) is 17.6 Å². The van der Waals surface area contributed by atoms with Crippen molar-refractivity contribution in [1.29, 1.82) is 0 Å². The highest BCUT2D eigenvalue weighted by atomic mass is 16.5. The maximum absolute atomic E-state index is 5.57. The van der Waals surface area contributed by atoms with Crippen molar-refractivity contribution in [2.24, 2.45) is 0 Å². The van der Waals surface area contributed by atoms with E-state index in [1.54, 1.807) is 0 Å². The van der Waals surface area contributed by atoms with Crippen LogP contribution in [0.4, 0.5) is 5.69 Å². The second kappa shape index (κ2) is 8.54. The third kappa shape index (κ3) is 3.90. The van der Waals surface area contributed by atoms with E-state index in [4.69, 9.17) is 9.72 Å². The van der Waals surface area contributed by atoms with Crippen molar-refractivity contribution in [2.75, 3.05) is 44.7 Å². The van der Waals surface area contributed by atoms with E-state index in [-0.39, 0.29) is 0 Å². The molecule has 0 radical (unpaired) electrons. The van der Waals surface area contributed by atoms with Gasteiger partial charge in [0.25, 0.3) is 0 Å². The molecule has 0 aliphatic carbocycles. The van der Waals surface area contributed by atoms with Crippen LogP contribution in [0.1, 0.15) is 6.92 Å². The van der Waals surface area contributed by atoms with Gasteiger partial charge in [0, 0.05) is 54.0 Å². The number of benzene rings is 3. The first-order valence-corrected chi connectivity index (χ1v) is 12.0. The summed E-state index contributed by atoms with van der Waals surface area (Å²) < 4.78 is 5.57. The summed E-state index contributed by atoms with van der Waals surface area (Å²) in [7, 11) is 2.18. The molecule has 34 heavy (non-hydrogen) atoms. The number of piperazine rings is 1. The Hall–Kier alpha value is -3.77. The maximum atomic E-state index is 5.57. The van der Waals surface area contributed by atoms with Gasteiger partial charge in [0.2, 0.25) is 0 Å². The Labute approximate surface area is 199 Å². The highest BCUT2D eigenvalue weighted by Crippen LogP contribution is 2.30. The third-order valence-corrected chi connectivity index (χ3v) is 6.71. The minimum Gasteiger partial charge on any atom is -0.494 e. The van der Waals surface area contributed by atoms with E-state index in [0.717, 1.165) is 71.1 Å². The zero-order chi connectivity index (χ0) is 23.1. The number of nitrogens with zero attached hydrogens (tertiary/aromatic N) is 3. The van der Waals surface area contributed by atoms with Crippen LogP contribution in [-0.2, 0) is 0 Å². The second-order valence-electron chi connectivity index (χ2n) is 9.02. The predicted molar refractivity (Wildman–Crippen MR) is 140 cm³/mol. The molecule has 0 saturated carbocycles. The Morgan fingerprint density at radius 2 is 1.62 bits per heavy atom. The number of aromatic nitrogens is 3. The molecule has 0 unspecified atom stereocenters. The average Bonchev–Trinajstić information content (AvgIpc) is 3.48. The Kier molecular flexibility index (Phi) is 5.23. The van der Waals surface area contributed by atoms with Crippen LogP contribution in [0.2, 0.25) is 0 Å². The van der Waals surface area contributed by atoms with Crippen molar-refractivity contribution in [3.05, 3.63) is 66.7 Å². The van der Waals surface area contributed by atoms with Gasteiger partial charge in [0.1, 0.15) is 11.6 Å². The molecule has 3 aromatic carbocycles. The number of nitrogens with one attached hydrogen (secondary N) is 2. The highest BCUT2D eigenvalue weighted by Gasteiger charge is 2.16. The number of aromatic amines is 2. The molecule has 6 rings (SSSR count). The first-order chi connectivity index (χ1) is 16.7. The summed E-state index contributed by atoms with van der Waals surface area (Å²) in [4.78, 5) is 16.8. The van der Waals surface area contributed by atoms with E-state index >= 15 is 0 Å². The fourth-order valence-corrected chi connectivity index (χ4v) is 4.72. The summed E-state index contributed by atoms with van der Waals surface area (Å²) in [5.41, 5.74) is 7.73. The Morgan fingerprint density at radius 1 is 0.824 bits per heavy atom. The van der Waals surface area contributed by atoms with Gasteiger partial charge in [-0.1, -0.05) is 12.1 Å². The maximum Gasteiger partial charge on any atom is 0.138 e. The van der Waals surface area contributed by atoms with Crippen molar-refractivity contribution in [2.45, 2.75) is 6.92 Å². The number of rotatable bonds is 5. The number of hydrogen-bond acceptors (Lipinski definition) is 4. The summed E-state index contributed by atoms with van der Waals surface area (Å²) in [5.74, 6) is 1.79. The van der Waals surface area contributed by atoms with Crippen LogP contribution in [-0.4, -0.2) is 59.7 Å². The lowest BCUT2D eigenvalue weighted by atomic mass is 10.1. The number of imidazole rings is 1. The molecule has 2 aromatic heterocycles. The lowest BCUT2D eigenvalue weighted by Gasteiger charge is -2.34. The molecule has 1 aliphatic heterocycles. The van der Waals surface area contributed by atoms with Crippen molar-refractivity contribution in [3.63, 3.8) is 0 Å². The molecule has 1 saturated heterocycles. The van der Waals surface area contributed by atoms with E-state index in [1.807, 2.05) is 19.1 Å². The standard InChI is InChI=1S/C28H29N5O/c1-3-34-23-9-6-19(7-10-23)25-16-20-4-5-21(17-26(20)29-25)28-30-24-11-8-22(18-27(24)31-28)33-14-12-32(2)13-15-33/h4-11,16-18,29H,3,12-15H2,1-2H3,(H,30,31). The van der Waals surface area contributed by atoms with E-state index in [0.29, 0.717) is 6.61 Å². The highest BCUT2D eigenvalue weighted by molar-refractivity contribution is 5.90.